The Labute approximate surface area is 133 Å². The number of rotatable bonds is 2. The number of fused-ring (bicyclic) bond motifs is 1. The molecule has 0 atom stereocenters. The van der Waals surface area contributed by atoms with E-state index in [1.807, 2.05) is 6.07 Å². The van der Waals surface area contributed by atoms with Crippen molar-refractivity contribution in [3.8, 4) is 6.07 Å². The van der Waals surface area contributed by atoms with Gasteiger partial charge in [0.25, 0.3) is 5.91 Å². The third kappa shape index (κ3) is 2.52. The second-order valence-electron chi connectivity index (χ2n) is 4.38. The lowest BCUT2D eigenvalue weighted by Gasteiger charge is -2.07. The number of carbonyl (C=O) groups is 1. The van der Waals surface area contributed by atoms with Gasteiger partial charge in [-0.2, -0.15) is 5.26 Å². The number of nitriles is 1. The number of anilines is 1. The molecule has 1 aromatic carbocycles. The van der Waals surface area contributed by atoms with Crippen LogP contribution in [0.5, 0.6) is 0 Å². The summed E-state index contributed by atoms with van der Waals surface area (Å²) in [4.78, 5) is 16.5. The average molecular weight is 332 g/mol. The lowest BCUT2D eigenvalue weighted by molar-refractivity contribution is 0.102. The van der Waals surface area contributed by atoms with Crippen molar-refractivity contribution in [3.63, 3.8) is 0 Å². The number of nitrogens with zero attached hydrogens (tertiary/aromatic N) is 2. The Hall–Kier alpha value is -2.49. The summed E-state index contributed by atoms with van der Waals surface area (Å²) in [5.41, 5.74) is 0.681. The number of amides is 1. The molecule has 108 valence electrons. The van der Waals surface area contributed by atoms with Gasteiger partial charge in [0.2, 0.25) is 0 Å². The summed E-state index contributed by atoms with van der Waals surface area (Å²) in [6.45, 7) is 0. The van der Waals surface area contributed by atoms with Gasteiger partial charge in [-0.3, -0.25) is 9.78 Å². The first-order valence-corrected chi connectivity index (χ1v) is 7.38. The van der Waals surface area contributed by atoms with Gasteiger partial charge < -0.3 is 5.32 Å². The van der Waals surface area contributed by atoms with Crippen LogP contribution in [0.15, 0.2) is 35.8 Å². The highest BCUT2D eigenvalue weighted by molar-refractivity contribution is 7.15. The van der Waals surface area contributed by atoms with E-state index in [1.165, 1.54) is 12.3 Å². The Kier molecular flexibility index (Phi) is 3.75. The minimum Gasteiger partial charge on any atom is -0.312 e. The molecular formula is C15H7ClFN3OS. The molecule has 1 amide bonds. The molecule has 0 radical (unpaired) electrons. The van der Waals surface area contributed by atoms with E-state index in [9.17, 15) is 9.18 Å². The minimum atomic E-state index is -0.543. The molecule has 22 heavy (non-hydrogen) atoms. The molecule has 0 bridgehead atoms. The van der Waals surface area contributed by atoms with Gasteiger partial charge in [0.05, 0.1) is 16.1 Å². The number of halogens is 2. The number of hydrogen-bond acceptors (Lipinski definition) is 4. The molecule has 2 heterocycles. The summed E-state index contributed by atoms with van der Waals surface area (Å²) in [5, 5.41) is 14.3. The Morgan fingerprint density at radius 3 is 3.05 bits per heavy atom. The summed E-state index contributed by atoms with van der Waals surface area (Å²) in [6.07, 6.45) is 1.53. The normalized spacial score (nSPS) is 10.4. The van der Waals surface area contributed by atoms with Crippen molar-refractivity contribution < 1.29 is 9.18 Å². The SMILES string of the molecule is N#Cc1c(Cl)csc1NC(=O)c1cc(F)cc2cccnc12. The molecule has 7 heteroatoms. The van der Waals surface area contributed by atoms with Gasteiger partial charge >= 0.3 is 0 Å². The van der Waals surface area contributed by atoms with Crippen LogP contribution in [0.25, 0.3) is 10.9 Å². The predicted molar refractivity (Wildman–Crippen MR) is 83.7 cm³/mol. The number of nitrogens with one attached hydrogen (secondary N) is 1. The van der Waals surface area contributed by atoms with Gasteiger partial charge in [0, 0.05) is 17.0 Å². The highest BCUT2D eigenvalue weighted by Gasteiger charge is 2.17. The van der Waals surface area contributed by atoms with E-state index >= 15 is 0 Å². The maximum absolute atomic E-state index is 13.7. The van der Waals surface area contributed by atoms with Crippen LogP contribution in [0.4, 0.5) is 9.39 Å². The number of pyridine rings is 1. The van der Waals surface area contributed by atoms with E-state index in [4.69, 9.17) is 16.9 Å². The maximum atomic E-state index is 13.7. The van der Waals surface area contributed by atoms with Crippen LogP contribution < -0.4 is 5.32 Å². The molecule has 0 fully saturated rings. The van der Waals surface area contributed by atoms with Crippen molar-refractivity contribution in [2.45, 2.75) is 0 Å². The molecule has 0 saturated heterocycles. The Balaban J connectivity index is 2.04. The largest absolute Gasteiger partial charge is 0.312 e. The van der Waals surface area contributed by atoms with Crippen molar-refractivity contribution in [1.82, 2.24) is 4.98 Å². The van der Waals surface area contributed by atoms with E-state index in [0.29, 0.717) is 15.9 Å². The van der Waals surface area contributed by atoms with Gasteiger partial charge in [-0.25, -0.2) is 4.39 Å². The zero-order valence-electron chi connectivity index (χ0n) is 10.9. The fourth-order valence-electron chi connectivity index (χ4n) is 2.03. The van der Waals surface area contributed by atoms with E-state index in [2.05, 4.69) is 10.3 Å². The molecule has 3 rings (SSSR count). The van der Waals surface area contributed by atoms with Crippen LogP contribution in [-0.4, -0.2) is 10.9 Å². The van der Waals surface area contributed by atoms with Crippen molar-refractivity contribution in [3.05, 3.63) is 57.8 Å². The van der Waals surface area contributed by atoms with Crippen molar-refractivity contribution >= 4 is 44.7 Å². The Morgan fingerprint density at radius 2 is 2.27 bits per heavy atom. The van der Waals surface area contributed by atoms with E-state index < -0.39 is 11.7 Å². The van der Waals surface area contributed by atoms with Crippen LogP contribution in [0.2, 0.25) is 5.02 Å². The number of thiophene rings is 1. The standard InChI is InChI=1S/C15H7ClFN3OS/c16-12-7-22-15(11(12)6-18)20-14(21)10-5-9(17)4-8-2-1-3-19-13(8)10/h1-5,7H,(H,20,21). The van der Waals surface area contributed by atoms with E-state index in [1.54, 1.807) is 17.5 Å². The first-order valence-electron chi connectivity index (χ1n) is 6.13. The maximum Gasteiger partial charge on any atom is 0.258 e. The molecule has 0 spiro atoms. The molecule has 0 aliphatic heterocycles. The average Bonchev–Trinajstić information content (AvgIpc) is 2.86. The lowest BCUT2D eigenvalue weighted by atomic mass is 10.1. The zero-order valence-corrected chi connectivity index (χ0v) is 12.5. The molecule has 3 aromatic rings. The highest BCUT2D eigenvalue weighted by Crippen LogP contribution is 2.31. The van der Waals surface area contributed by atoms with Crippen LogP contribution >= 0.6 is 22.9 Å². The monoisotopic (exact) mass is 331 g/mol. The molecule has 0 aliphatic carbocycles. The molecule has 0 saturated carbocycles. The van der Waals surface area contributed by atoms with Gasteiger partial charge in [0.1, 0.15) is 22.5 Å². The molecule has 4 nitrogen and oxygen atoms in total. The molecule has 0 unspecified atom stereocenters. The molecular weight excluding hydrogens is 325 g/mol. The van der Waals surface area contributed by atoms with Crippen LogP contribution in [0.1, 0.15) is 15.9 Å². The number of aromatic nitrogens is 1. The molecule has 2 aromatic heterocycles. The van der Waals surface area contributed by atoms with E-state index in [0.717, 1.165) is 17.4 Å². The number of benzene rings is 1. The summed E-state index contributed by atoms with van der Waals surface area (Å²) in [7, 11) is 0. The first-order chi connectivity index (χ1) is 10.6. The number of hydrogen-bond donors (Lipinski definition) is 1. The molecule has 0 aliphatic rings. The first kappa shape index (κ1) is 14.4. The Morgan fingerprint density at radius 1 is 1.45 bits per heavy atom. The van der Waals surface area contributed by atoms with Gasteiger partial charge in [-0.05, 0) is 18.2 Å². The van der Waals surface area contributed by atoms with Crippen LogP contribution in [0, 0.1) is 17.1 Å². The topological polar surface area (TPSA) is 65.8 Å². The van der Waals surface area contributed by atoms with E-state index in [-0.39, 0.29) is 16.1 Å². The van der Waals surface area contributed by atoms with Crippen LogP contribution in [0.3, 0.4) is 0 Å². The van der Waals surface area contributed by atoms with Gasteiger partial charge in [0.15, 0.2) is 0 Å². The summed E-state index contributed by atoms with van der Waals surface area (Å²) >= 11 is 6.99. The zero-order chi connectivity index (χ0) is 15.7. The third-order valence-corrected chi connectivity index (χ3v) is 4.32. The lowest BCUT2D eigenvalue weighted by Crippen LogP contribution is -2.13. The second-order valence-corrected chi connectivity index (χ2v) is 5.67. The Bertz CT molecular complexity index is 932. The smallest absolute Gasteiger partial charge is 0.258 e. The van der Waals surface area contributed by atoms with Crippen LogP contribution in [-0.2, 0) is 0 Å². The minimum absolute atomic E-state index is 0.101. The predicted octanol–water partition coefficient (Wildman–Crippen LogP) is 4.21. The van der Waals surface area contributed by atoms with Crippen molar-refractivity contribution in [2.75, 3.05) is 5.32 Å². The third-order valence-electron chi connectivity index (χ3n) is 3.00. The fraction of sp³-hybridized carbons (Fsp3) is 0. The quantitative estimate of drug-likeness (QED) is 0.764. The summed E-state index contributed by atoms with van der Waals surface area (Å²) in [6, 6.07) is 7.68. The number of carbonyl (C=O) groups excluding carboxylic acids is 1. The second kappa shape index (κ2) is 5.72. The van der Waals surface area contributed by atoms with Crippen molar-refractivity contribution in [2.24, 2.45) is 0 Å². The van der Waals surface area contributed by atoms with Gasteiger partial charge in [-0.1, -0.05) is 17.7 Å². The fourth-order valence-corrected chi connectivity index (χ4v) is 3.12. The molecule has 1 N–H and O–H groups in total. The summed E-state index contributed by atoms with van der Waals surface area (Å²) in [5.74, 6) is -1.08. The van der Waals surface area contributed by atoms with Gasteiger partial charge in [-0.15, -0.1) is 11.3 Å². The van der Waals surface area contributed by atoms with Crippen molar-refractivity contribution in [1.29, 1.82) is 5.26 Å². The summed E-state index contributed by atoms with van der Waals surface area (Å²) < 4.78 is 13.7. The highest BCUT2D eigenvalue weighted by atomic mass is 35.5.